The van der Waals surface area contributed by atoms with Crippen LogP contribution in [0, 0.1) is 5.92 Å². The number of aliphatic carboxylic acids is 1. The van der Waals surface area contributed by atoms with E-state index in [-0.39, 0.29) is 55.8 Å². The second-order valence-electron chi connectivity index (χ2n) is 19.5. The maximum Gasteiger partial charge on any atom is 0.490 e. The van der Waals surface area contributed by atoms with Gasteiger partial charge in [0.1, 0.15) is 24.2 Å². The molecule has 5 atom stereocenters. The largest absolute Gasteiger partial charge is 0.490 e. The molecule has 20 nitrogen and oxygen atoms in total. The van der Waals surface area contributed by atoms with Crippen molar-refractivity contribution in [2.45, 2.75) is 119 Å². The van der Waals surface area contributed by atoms with Gasteiger partial charge in [-0.2, -0.15) is 13.2 Å². The summed E-state index contributed by atoms with van der Waals surface area (Å²) in [5, 5.41) is 15.4. The molecule has 4 aliphatic rings. The van der Waals surface area contributed by atoms with E-state index in [0.29, 0.717) is 50.1 Å². The minimum atomic E-state index is -5.08. The second kappa shape index (κ2) is 24.2. The van der Waals surface area contributed by atoms with E-state index in [1.807, 2.05) is 78.9 Å². The summed E-state index contributed by atoms with van der Waals surface area (Å²) in [5.74, 6) is -5.21. The number of fused-ring (bicyclic) bond motifs is 2. The van der Waals surface area contributed by atoms with Crippen LogP contribution in [0.4, 0.5) is 18.9 Å². The molecule has 4 saturated heterocycles. The van der Waals surface area contributed by atoms with E-state index in [2.05, 4.69) is 20.9 Å². The number of primary amides is 1. The summed E-state index contributed by atoms with van der Waals surface area (Å²) in [5.41, 5.74) is 15.7. The minimum absolute atomic E-state index is 0.0314. The molecule has 1 unspecified atom stereocenters. The van der Waals surface area contributed by atoms with Gasteiger partial charge in [0.25, 0.3) is 0 Å². The van der Waals surface area contributed by atoms with Gasteiger partial charge in [0.2, 0.25) is 41.4 Å². The van der Waals surface area contributed by atoms with E-state index in [1.165, 1.54) is 4.57 Å². The topological polar surface area (TPSA) is 282 Å². The van der Waals surface area contributed by atoms with Gasteiger partial charge in [-0.25, -0.2) is 9.59 Å². The van der Waals surface area contributed by atoms with Crippen LogP contribution in [0.15, 0.2) is 83.7 Å². The molecule has 0 aliphatic carbocycles. The number of carboxylic acids is 1. The molecule has 23 heteroatoms. The zero-order valence-electron chi connectivity index (χ0n) is 41.5. The third-order valence-electron chi connectivity index (χ3n) is 14.6. The monoisotopic (exact) mass is 1040 g/mol. The minimum Gasteiger partial charge on any atom is -0.475 e. The van der Waals surface area contributed by atoms with Crippen LogP contribution in [0.5, 0.6) is 0 Å². The number of benzene rings is 3. The number of aryl methyl sites for hydroxylation is 1. The first kappa shape index (κ1) is 55.2. The number of nitrogens with two attached hydrogens (primary N) is 2. The molecule has 8 N–H and O–H groups in total. The lowest BCUT2D eigenvalue weighted by molar-refractivity contribution is -0.192. The molecule has 4 fully saturated rings. The Labute approximate surface area is 429 Å². The average molecular weight is 1050 g/mol. The van der Waals surface area contributed by atoms with Gasteiger partial charge in [-0.15, -0.1) is 0 Å². The molecule has 7 amide bonds. The van der Waals surface area contributed by atoms with Gasteiger partial charge in [-0.05, 0) is 93.0 Å². The fourth-order valence-corrected chi connectivity index (χ4v) is 10.6. The van der Waals surface area contributed by atoms with Gasteiger partial charge in [0.05, 0.1) is 17.1 Å². The van der Waals surface area contributed by atoms with Gasteiger partial charge in [-0.3, -0.25) is 48.0 Å². The van der Waals surface area contributed by atoms with E-state index in [4.69, 9.17) is 21.4 Å². The van der Waals surface area contributed by atoms with Gasteiger partial charge < -0.3 is 41.9 Å². The van der Waals surface area contributed by atoms with Crippen LogP contribution < -0.4 is 38.0 Å². The second-order valence-corrected chi connectivity index (χ2v) is 19.5. The van der Waals surface area contributed by atoms with Crippen LogP contribution in [0.3, 0.4) is 0 Å². The first-order valence-corrected chi connectivity index (χ1v) is 25.2. The Balaban J connectivity index is 0.00000109. The Kier molecular flexibility index (Phi) is 17.8. The number of alkyl halides is 3. The summed E-state index contributed by atoms with van der Waals surface area (Å²) in [6, 6.07) is 20.1. The number of halogens is 3. The molecule has 0 bridgehead atoms. The smallest absolute Gasteiger partial charge is 0.475 e. The van der Waals surface area contributed by atoms with Crippen molar-refractivity contribution in [1.29, 1.82) is 0 Å². The fraction of sp³-hybridized carbons (Fsp3) is 0.481. The maximum absolute atomic E-state index is 14.0. The highest BCUT2D eigenvalue weighted by Gasteiger charge is 2.45. The molecule has 4 aliphatic heterocycles. The fourth-order valence-electron chi connectivity index (χ4n) is 10.6. The van der Waals surface area contributed by atoms with Crippen molar-refractivity contribution < 1.29 is 56.6 Å². The summed E-state index contributed by atoms with van der Waals surface area (Å²) in [4.78, 5) is 120. The molecule has 3 aromatic carbocycles. The lowest BCUT2D eigenvalue weighted by Gasteiger charge is -2.38. The predicted molar refractivity (Wildman–Crippen MR) is 267 cm³/mol. The molecule has 0 spiro atoms. The highest BCUT2D eigenvalue weighted by molar-refractivity contribution is 6.00. The number of hydrogen-bond donors (Lipinski definition) is 6. The lowest BCUT2D eigenvalue weighted by atomic mass is 9.91. The number of nitrogens with one attached hydrogen (secondary N) is 3. The standard InChI is InChI=1S/C50H62N10O8.C2HF3O2/c1-56-41-29-35(16-18-38(41)60(50(56)68)40-20-22-43(62)54-48(40)66)57-26-23-31(24-27-57)9-8-14-44(63)58-28-25-34-15-19-39(59(34)49(67)36(51)30-58)47(65)53-37(17-21-42(52)61)46(64)55-45(32-10-4-2-5-11-32)33-12-6-3-7-13-33;3-2(4,5)1(6)7/h2-7,10-13,16,18,29,31,34,36-37,39-40,45H,8-9,14-15,17,19-28,30,51H2,1H3,(H2,52,61)(H,53,65)(H,55,64)(H,54,62,66);(H,6,7)/t34-,36+,37+,39+,40?;/m1./s1. The number of carboxylic acid groups (broad SMARTS) is 1. The lowest BCUT2D eigenvalue weighted by Crippen LogP contribution is -2.60. The summed E-state index contributed by atoms with van der Waals surface area (Å²) in [6.07, 6.45) is 0.363. The number of nitrogens with zero attached hydrogens (tertiary/aromatic N) is 5. The van der Waals surface area contributed by atoms with Crippen molar-refractivity contribution >= 4 is 64.0 Å². The zero-order chi connectivity index (χ0) is 54.1. The first-order valence-electron chi connectivity index (χ1n) is 25.2. The molecule has 4 aromatic rings. The maximum atomic E-state index is 14.0. The van der Waals surface area contributed by atoms with Crippen molar-refractivity contribution in [3.05, 3.63) is 100 Å². The van der Waals surface area contributed by atoms with E-state index in [0.717, 1.165) is 54.7 Å². The average Bonchev–Trinajstić information content (AvgIpc) is 3.92. The van der Waals surface area contributed by atoms with Crippen molar-refractivity contribution in [3.63, 3.8) is 0 Å². The quantitative estimate of drug-likeness (QED) is 0.0938. The Bertz CT molecular complexity index is 2780. The van der Waals surface area contributed by atoms with Gasteiger partial charge in [-0.1, -0.05) is 60.7 Å². The number of imide groups is 1. The molecule has 8 rings (SSSR count). The number of carbonyl (C=O) groups excluding carboxylic acids is 7. The van der Waals surface area contributed by atoms with E-state index >= 15 is 0 Å². The van der Waals surface area contributed by atoms with Crippen LogP contribution in [0.1, 0.15) is 100 Å². The zero-order valence-corrected chi connectivity index (χ0v) is 41.5. The van der Waals surface area contributed by atoms with Gasteiger partial charge >= 0.3 is 17.8 Å². The van der Waals surface area contributed by atoms with Crippen LogP contribution >= 0.6 is 0 Å². The number of carbonyl (C=O) groups is 8. The number of rotatable bonds is 15. The Morgan fingerprint density at radius 3 is 2.05 bits per heavy atom. The molecule has 1 aromatic heterocycles. The first-order chi connectivity index (χ1) is 35.7. The molecule has 5 heterocycles. The third-order valence-corrected chi connectivity index (χ3v) is 14.6. The summed E-state index contributed by atoms with van der Waals surface area (Å²) >= 11 is 0. The summed E-state index contributed by atoms with van der Waals surface area (Å²) in [6.45, 7) is 2.06. The van der Waals surface area contributed by atoms with E-state index in [9.17, 15) is 51.5 Å². The third kappa shape index (κ3) is 13.4. The van der Waals surface area contributed by atoms with Crippen molar-refractivity contribution in [1.82, 2.24) is 34.9 Å². The van der Waals surface area contributed by atoms with Crippen molar-refractivity contribution in [2.24, 2.45) is 24.4 Å². The summed E-state index contributed by atoms with van der Waals surface area (Å²) < 4.78 is 34.8. The molecule has 0 saturated carbocycles. The van der Waals surface area contributed by atoms with Gasteiger partial charge in [0, 0.05) is 64.2 Å². The van der Waals surface area contributed by atoms with E-state index < -0.39 is 71.9 Å². The Hall–Kier alpha value is -7.56. The van der Waals surface area contributed by atoms with Crippen molar-refractivity contribution in [3.8, 4) is 0 Å². The Morgan fingerprint density at radius 2 is 1.45 bits per heavy atom. The number of amides is 7. The number of anilines is 1. The van der Waals surface area contributed by atoms with Gasteiger partial charge in [0.15, 0.2) is 0 Å². The van der Waals surface area contributed by atoms with Crippen LogP contribution in [-0.2, 0) is 45.4 Å². The van der Waals surface area contributed by atoms with Crippen molar-refractivity contribution in [2.75, 3.05) is 31.1 Å². The predicted octanol–water partition coefficient (Wildman–Crippen LogP) is 2.91. The van der Waals surface area contributed by atoms with Crippen LogP contribution in [0.2, 0.25) is 0 Å². The summed E-state index contributed by atoms with van der Waals surface area (Å²) in [7, 11) is 1.69. The molecular weight excluding hydrogens is 982 g/mol. The van der Waals surface area contributed by atoms with Crippen LogP contribution in [-0.4, -0.2) is 128 Å². The highest BCUT2D eigenvalue weighted by Crippen LogP contribution is 2.32. The molecule has 75 heavy (non-hydrogen) atoms. The SMILES string of the molecule is Cn1c(=O)n(C2CCC(=O)NC2=O)c2ccc(N3CCC(CCCC(=O)N4CC[C@H]5CC[C@@H](C(=O)N[C@@H](CCC(N)=O)C(=O)NC(c6ccccc6)c6ccccc6)N5C(=O)[C@@H](N)C4)CC3)cc21.O=C(O)C(F)(F)F. The van der Waals surface area contributed by atoms with E-state index in [1.54, 1.807) is 21.4 Å². The molecule has 0 radical (unpaired) electrons. The van der Waals surface area contributed by atoms with Crippen LogP contribution in [0.25, 0.3) is 11.0 Å². The molecule has 402 valence electrons. The normalized spacial score (nSPS) is 20.8. The number of hydrogen-bond acceptors (Lipinski definition) is 11. The number of piperidine rings is 2. The number of imidazole rings is 1. The number of aromatic nitrogens is 2. The Morgan fingerprint density at radius 1 is 0.813 bits per heavy atom. The molecular formula is C52H63F3N10O10. The highest BCUT2D eigenvalue weighted by atomic mass is 19.4.